The summed E-state index contributed by atoms with van der Waals surface area (Å²) < 4.78 is 24.0. The van der Waals surface area contributed by atoms with E-state index in [-0.39, 0.29) is 38.1 Å². The van der Waals surface area contributed by atoms with E-state index in [0.29, 0.717) is 26.1 Å². The number of carbonyl (C=O) groups excluding carboxylic acids is 4. The highest BCUT2D eigenvalue weighted by atomic mass is 79.9. The molecule has 0 bridgehead atoms. The molecule has 54 heavy (non-hydrogen) atoms. The molecule has 0 aromatic heterocycles. The van der Waals surface area contributed by atoms with E-state index < -0.39 is 35.2 Å². The van der Waals surface area contributed by atoms with Crippen LogP contribution in [0, 0.1) is 0 Å². The second-order valence-electron chi connectivity index (χ2n) is 14.1. The van der Waals surface area contributed by atoms with Crippen LogP contribution >= 0.6 is 31.9 Å². The van der Waals surface area contributed by atoms with Crippen LogP contribution in [0.15, 0.2) is 69.6 Å². The Morgan fingerprint density at radius 1 is 0.667 bits per heavy atom. The summed E-state index contributed by atoms with van der Waals surface area (Å²) in [7, 11) is 0. The van der Waals surface area contributed by atoms with Crippen molar-refractivity contribution in [1.29, 1.82) is 0 Å². The average Bonchev–Trinajstić information content (AvgIpc) is 3.06. The molecule has 2 unspecified atom stereocenters. The van der Waals surface area contributed by atoms with Crippen molar-refractivity contribution < 1.29 is 38.1 Å². The number of ether oxygens (including phenoxy) is 4. The van der Waals surface area contributed by atoms with E-state index in [1.807, 2.05) is 68.4 Å². The van der Waals surface area contributed by atoms with Crippen LogP contribution in [0.5, 0.6) is 0 Å². The maximum absolute atomic E-state index is 12.0. The number of halogens is 2. The van der Waals surface area contributed by atoms with E-state index in [1.54, 1.807) is 41.5 Å². The number of nitrogens with one attached hydrogen (secondary N) is 2. The van der Waals surface area contributed by atoms with Gasteiger partial charge in [-0.1, -0.05) is 82.1 Å². The molecule has 3 aromatic rings. The third-order valence-corrected chi connectivity index (χ3v) is 8.12. The van der Waals surface area contributed by atoms with Crippen molar-refractivity contribution in [1.82, 2.24) is 10.6 Å². The van der Waals surface area contributed by atoms with Crippen molar-refractivity contribution >= 4 is 66.6 Å². The Bertz CT molecular complexity index is 1610. The monoisotopic (exact) mass is 880 g/mol. The standard InChI is InChI=1S/C21H27BrN2O4.C17H25BrN2O4.C2H6/c1-21(2,3)28-20(26)24-16(8-10-19(23)25)13-27-12-14-7-9-17-15(11-14)5-4-6-18(17)22;1-17(2,3)24-16(22)20-14(8-9-15(19)21)11-23-10-12-4-6-13(18)7-5-12;1-2/h4-7,9,11,16H,8,10,12-13H2,1-3H3,(H2,23,25)(H,24,26);4-7,14H,8-11H2,1-3H3,(H2,19,21)(H,20,22);1-2H3. The summed E-state index contributed by atoms with van der Waals surface area (Å²) in [6.07, 6.45) is 0.0368. The number of amides is 4. The number of primary amides is 2. The summed E-state index contributed by atoms with van der Waals surface area (Å²) in [5, 5.41) is 7.73. The summed E-state index contributed by atoms with van der Waals surface area (Å²) in [5.74, 6) is -0.838. The lowest BCUT2D eigenvalue weighted by atomic mass is 10.1. The minimum absolute atomic E-state index is 0.161. The lowest BCUT2D eigenvalue weighted by Crippen LogP contribution is -2.42. The number of rotatable bonds is 16. The summed E-state index contributed by atoms with van der Waals surface area (Å²) in [5.41, 5.74) is 11.3. The predicted molar refractivity (Wildman–Crippen MR) is 220 cm³/mol. The molecule has 0 heterocycles. The Morgan fingerprint density at radius 3 is 1.56 bits per heavy atom. The van der Waals surface area contributed by atoms with Crippen LogP contribution in [0.2, 0.25) is 0 Å². The smallest absolute Gasteiger partial charge is 0.407 e. The fourth-order valence-electron chi connectivity index (χ4n) is 4.58. The van der Waals surface area contributed by atoms with Gasteiger partial charge >= 0.3 is 12.2 Å². The zero-order valence-electron chi connectivity index (χ0n) is 32.8. The Morgan fingerprint density at radius 2 is 1.11 bits per heavy atom. The van der Waals surface area contributed by atoms with Crippen molar-refractivity contribution in [2.45, 2.75) is 118 Å². The zero-order chi connectivity index (χ0) is 40.9. The van der Waals surface area contributed by atoms with Gasteiger partial charge in [-0.15, -0.1) is 0 Å². The molecule has 0 saturated carbocycles. The van der Waals surface area contributed by atoms with E-state index in [9.17, 15) is 19.2 Å². The van der Waals surface area contributed by atoms with Gasteiger partial charge in [-0.05, 0) is 101 Å². The quantitative estimate of drug-likeness (QED) is 0.111. The number of nitrogens with two attached hydrogens (primary N) is 2. The Labute approximate surface area is 337 Å². The molecule has 3 rings (SSSR count). The van der Waals surface area contributed by atoms with Gasteiger partial charge < -0.3 is 41.0 Å². The van der Waals surface area contributed by atoms with E-state index in [2.05, 4.69) is 48.6 Å². The average molecular weight is 883 g/mol. The van der Waals surface area contributed by atoms with E-state index >= 15 is 0 Å². The lowest BCUT2D eigenvalue weighted by molar-refractivity contribution is -0.119. The number of fused-ring (bicyclic) bond motifs is 1. The number of hydrogen-bond acceptors (Lipinski definition) is 8. The van der Waals surface area contributed by atoms with Gasteiger partial charge in [0.1, 0.15) is 11.2 Å². The van der Waals surface area contributed by atoms with Crippen LogP contribution in [-0.2, 0) is 41.8 Å². The van der Waals surface area contributed by atoms with Crippen LogP contribution < -0.4 is 22.1 Å². The van der Waals surface area contributed by atoms with Gasteiger partial charge in [0.25, 0.3) is 0 Å². The SMILES string of the molecule is CC.CC(C)(C)OC(=O)NC(CCC(N)=O)COCc1ccc(Br)cc1.CC(C)(C)OC(=O)NC(CCC(N)=O)COCc1ccc2c(Br)cccc2c1. The molecule has 3 aromatic carbocycles. The minimum atomic E-state index is -0.599. The molecule has 0 radical (unpaired) electrons. The molecule has 6 N–H and O–H groups in total. The topological polar surface area (TPSA) is 181 Å². The third-order valence-electron chi connectivity index (χ3n) is 6.90. The third kappa shape index (κ3) is 22.5. The fourth-order valence-corrected chi connectivity index (χ4v) is 5.36. The maximum Gasteiger partial charge on any atom is 0.407 e. The summed E-state index contributed by atoms with van der Waals surface area (Å²) in [6, 6.07) is 19.2. The Balaban J connectivity index is 0.000000522. The Hall–Kier alpha value is -3.72. The summed E-state index contributed by atoms with van der Waals surface area (Å²) in [4.78, 5) is 46.0. The highest BCUT2D eigenvalue weighted by Crippen LogP contribution is 2.25. The van der Waals surface area contributed by atoms with Crippen molar-refractivity contribution in [3.63, 3.8) is 0 Å². The first-order chi connectivity index (χ1) is 25.3. The van der Waals surface area contributed by atoms with Crippen LogP contribution in [0.3, 0.4) is 0 Å². The molecule has 0 aliphatic carbocycles. The molecule has 0 saturated heterocycles. The first-order valence-corrected chi connectivity index (χ1v) is 19.5. The maximum atomic E-state index is 12.0. The number of hydrogen-bond donors (Lipinski definition) is 4. The molecule has 300 valence electrons. The van der Waals surface area contributed by atoms with Gasteiger partial charge in [0.15, 0.2) is 0 Å². The van der Waals surface area contributed by atoms with E-state index in [0.717, 1.165) is 30.8 Å². The molecule has 4 amide bonds. The van der Waals surface area contributed by atoms with E-state index in [1.165, 1.54) is 0 Å². The first kappa shape index (κ1) is 48.3. The molecular formula is C40H58Br2N4O8. The van der Waals surface area contributed by atoms with Crippen LogP contribution in [-0.4, -0.2) is 60.5 Å². The van der Waals surface area contributed by atoms with Gasteiger partial charge in [0.2, 0.25) is 11.8 Å². The molecule has 0 aliphatic rings. The van der Waals surface area contributed by atoms with Crippen molar-refractivity contribution in [2.24, 2.45) is 11.5 Å². The summed E-state index contributed by atoms with van der Waals surface area (Å²) >= 11 is 6.92. The van der Waals surface area contributed by atoms with Crippen LogP contribution in [0.25, 0.3) is 10.8 Å². The van der Waals surface area contributed by atoms with E-state index in [4.69, 9.17) is 30.4 Å². The Kier molecular flexibility index (Phi) is 22.0. The van der Waals surface area contributed by atoms with Crippen molar-refractivity contribution in [3.8, 4) is 0 Å². The molecule has 0 fully saturated rings. The van der Waals surface area contributed by atoms with Crippen molar-refractivity contribution in [3.05, 3.63) is 80.7 Å². The number of carbonyl (C=O) groups is 4. The van der Waals surface area contributed by atoms with Gasteiger partial charge in [-0.3, -0.25) is 9.59 Å². The number of benzene rings is 3. The predicted octanol–water partition coefficient (Wildman–Crippen LogP) is 8.43. The highest BCUT2D eigenvalue weighted by Gasteiger charge is 2.21. The number of alkyl carbamates (subject to hydrolysis) is 2. The molecule has 0 aliphatic heterocycles. The fraction of sp³-hybridized carbons (Fsp3) is 0.500. The van der Waals surface area contributed by atoms with Gasteiger partial charge in [0.05, 0.1) is 38.5 Å². The van der Waals surface area contributed by atoms with Crippen LogP contribution in [0.4, 0.5) is 9.59 Å². The largest absolute Gasteiger partial charge is 0.444 e. The van der Waals surface area contributed by atoms with Gasteiger partial charge in [-0.2, -0.15) is 0 Å². The zero-order valence-corrected chi connectivity index (χ0v) is 35.9. The molecule has 14 heteroatoms. The van der Waals surface area contributed by atoms with Crippen molar-refractivity contribution in [2.75, 3.05) is 13.2 Å². The van der Waals surface area contributed by atoms with Crippen LogP contribution in [0.1, 0.15) is 92.2 Å². The lowest BCUT2D eigenvalue weighted by Gasteiger charge is -2.23. The normalized spacial score (nSPS) is 12.2. The van der Waals surface area contributed by atoms with Gasteiger partial charge in [-0.25, -0.2) is 9.59 Å². The summed E-state index contributed by atoms with van der Waals surface area (Å²) in [6.45, 7) is 16.1. The molecular weight excluding hydrogens is 824 g/mol. The second kappa shape index (κ2) is 24.6. The minimum Gasteiger partial charge on any atom is -0.444 e. The molecule has 2 atom stereocenters. The molecule has 0 spiro atoms. The second-order valence-corrected chi connectivity index (χ2v) is 15.9. The molecule has 12 nitrogen and oxygen atoms in total. The first-order valence-electron chi connectivity index (χ1n) is 17.9. The van der Waals surface area contributed by atoms with Gasteiger partial charge in [0, 0.05) is 21.8 Å². The highest BCUT2D eigenvalue weighted by molar-refractivity contribution is 9.11.